The van der Waals surface area contributed by atoms with Crippen LogP contribution in [0, 0.1) is 5.92 Å². The molecule has 4 nitrogen and oxygen atoms in total. The summed E-state index contributed by atoms with van der Waals surface area (Å²) in [5.41, 5.74) is 7.09. The molecule has 6 heteroatoms. The first-order valence-electron chi connectivity index (χ1n) is 5.75. The Balaban J connectivity index is 2.83. The highest BCUT2D eigenvalue weighted by Gasteiger charge is 2.16. The van der Waals surface area contributed by atoms with E-state index in [0.29, 0.717) is 17.1 Å². The molecule has 1 unspecified atom stereocenters. The maximum Gasteiger partial charge on any atom is 0.310 e. The van der Waals surface area contributed by atoms with E-state index >= 15 is 0 Å². The minimum Gasteiger partial charge on any atom is -0.469 e. The predicted molar refractivity (Wildman–Crippen MR) is 81.8 cm³/mol. The second kappa shape index (κ2) is 6.73. The molecule has 19 heavy (non-hydrogen) atoms. The number of ether oxygens (including phenoxy) is 1. The van der Waals surface area contributed by atoms with Gasteiger partial charge in [0.15, 0.2) is 0 Å². The molecule has 0 amide bonds. The van der Waals surface area contributed by atoms with Crippen LogP contribution in [-0.4, -0.2) is 31.7 Å². The van der Waals surface area contributed by atoms with Gasteiger partial charge in [-0.3, -0.25) is 4.79 Å². The summed E-state index contributed by atoms with van der Waals surface area (Å²) in [5.74, 6) is -0.457. The molecule has 0 aliphatic rings. The van der Waals surface area contributed by atoms with Gasteiger partial charge in [0, 0.05) is 24.8 Å². The van der Waals surface area contributed by atoms with Gasteiger partial charge < -0.3 is 15.4 Å². The van der Waals surface area contributed by atoms with Crippen LogP contribution in [0.1, 0.15) is 12.5 Å². The standard InChI is InChI=1S/C13H17ClN2O2S/c1-8(13(17)18-3)7-16(2)9-4-5-10(12(15)19)11(14)6-9/h4-6,8H,7H2,1-3H3,(H2,15,19). The fraction of sp³-hybridized carbons (Fsp3) is 0.385. The first-order chi connectivity index (χ1) is 8.86. The summed E-state index contributed by atoms with van der Waals surface area (Å²) in [7, 11) is 3.26. The molecular weight excluding hydrogens is 284 g/mol. The second-order valence-electron chi connectivity index (χ2n) is 4.33. The molecule has 0 heterocycles. The largest absolute Gasteiger partial charge is 0.469 e. The van der Waals surface area contributed by atoms with Crippen molar-refractivity contribution in [3.05, 3.63) is 28.8 Å². The fourth-order valence-electron chi connectivity index (χ4n) is 1.73. The Hall–Kier alpha value is -1.33. The van der Waals surface area contributed by atoms with Crippen molar-refractivity contribution in [2.75, 3.05) is 25.6 Å². The van der Waals surface area contributed by atoms with Gasteiger partial charge in [-0.2, -0.15) is 0 Å². The highest BCUT2D eigenvalue weighted by atomic mass is 35.5. The number of carbonyl (C=O) groups is 1. The lowest BCUT2D eigenvalue weighted by atomic mass is 10.1. The number of anilines is 1. The number of thiocarbonyl (C=S) groups is 1. The van der Waals surface area contributed by atoms with Gasteiger partial charge >= 0.3 is 5.97 Å². The molecule has 0 bridgehead atoms. The lowest BCUT2D eigenvalue weighted by molar-refractivity contribution is -0.144. The zero-order chi connectivity index (χ0) is 14.6. The van der Waals surface area contributed by atoms with E-state index in [4.69, 9.17) is 34.3 Å². The molecule has 0 radical (unpaired) electrons. The normalized spacial score (nSPS) is 11.8. The highest BCUT2D eigenvalue weighted by Crippen LogP contribution is 2.23. The number of carbonyl (C=O) groups excluding carboxylic acids is 1. The van der Waals surface area contributed by atoms with Gasteiger partial charge in [-0.15, -0.1) is 0 Å². The zero-order valence-corrected chi connectivity index (χ0v) is 12.7. The van der Waals surface area contributed by atoms with Crippen LogP contribution in [0.15, 0.2) is 18.2 Å². The van der Waals surface area contributed by atoms with Crippen molar-refractivity contribution in [1.29, 1.82) is 0 Å². The molecule has 1 aromatic rings. The van der Waals surface area contributed by atoms with Crippen molar-refractivity contribution >= 4 is 40.5 Å². The molecule has 0 aliphatic carbocycles. The number of nitrogens with zero attached hydrogens (tertiary/aromatic N) is 1. The van der Waals surface area contributed by atoms with E-state index in [1.54, 1.807) is 12.1 Å². The van der Waals surface area contributed by atoms with Crippen LogP contribution >= 0.6 is 23.8 Å². The van der Waals surface area contributed by atoms with Crippen LogP contribution in [0.5, 0.6) is 0 Å². The first-order valence-corrected chi connectivity index (χ1v) is 6.53. The third-order valence-electron chi connectivity index (χ3n) is 2.81. The van der Waals surface area contributed by atoms with Crippen LogP contribution in [0.2, 0.25) is 5.02 Å². The Kier molecular flexibility index (Phi) is 5.57. The molecule has 1 atom stereocenters. The van der Waals surface area contributed by atoms with Gasteiger partial charge in [-0.25, -0.2) is 0 Å². The number of benzene rings is 1. The van der Waals surface area contributed by atoms with Crippen LogP contribution in [0.4, 0.5) is 5.69 Å². The Bertz CT molecular complexity index is 494. The summed E-state index contributed by atoms with van der Waals surface area (Å²) in [6.07, 6.45) is 0. The molecular formula is C13H17ClN2O2S. The van der Waals surface area contributed by atoms with Crippen LogP contribution in [0.25, 0.3) is 0 Å². The Morgan fingerprint density at radius 2 is 2.21 bits per heavy atom. The van der Waals surface area contributed by atoms with E-state index in [1.807, 2.05) is 24.9 Å². The maximum atomic E-state index is 11.4. The van der Waals surface area contributed by atoms with Gasteiger partial charge in [0.1, 0.15) is 4.99 Å². The van der Waals surface area contributed by atoms with Crippen molar-refractivity contribution in [2.24, 2.45) is 11.7 Å². The average molecular weight is 301 g/mol. The molecule has 104 valence electrons. The highest BCUT2D eigenvalue weighted by molar-refractivity contribution is 7.80. The summed E-state index contributed by atoms with van der Waals surface area (Å²) in [6, 6.07) is 5.42. The number of hydrogen-bond donors (Lipinski definition) is 1. The third-order valence-corrected chi connectivity index (χ3v) is 3.34. The van der Waals surface area contributed by atoms with Crippen molar-refractivity contribution in [3.63, 3.8) is 0 Å². The van der Waals surface area contributed by atoms with E-state index in [-0.39, 0.29) is 16.9 Å². The monoisotopic (exact) mass is 300 g/mol. The van der Waals surface area contributed by atoms with Gasteiger partial charge in [0.2, 0.25) is 0 Å². The molecule has 1 aromatic carbocycles. The van der Waals surface area contributed by atoms with Gasteiger partial charge in [-0.05, 0) is 18.2 Å². The molecule has 1 rings (SSSR count). The van der Waals surface area contributed by atoms with E-state index in [9.17, 15) is 4.79 Å². The third kappa shape index (κ3) is 4.08. The van der Waals surface area contributed by atoms with Gasteiger partial charge in [0.05, 0.1) is 18.1 Å². The topological polar surface area (TPSA) is 55.6 Å². The number of hydrogen-bond acceptors (Lipinski definition) is 4. The molecule has 0 aliphatic heterocycles. The Morgan fingerprint density at radius 1 is 1.58 bits per heavy atom. The lowest BCUT2D eigenvalue weighted by Gasteiger charge is -2.22. The molecule has 0 aromatic heterocycles. The Labute approximate surface area is 123 Å². The minimum atomic E-state index is -0.238. The summed E-state index contributed by atoms with van der Waals surface area (Å²) in [5, 5.41) is 0.502. The number of esters is 1. The van der Waals surface area contributed by atoms with E-state index < -0.39 is 0 Å². The number of nitrogens with two attached hydrogens (primary N) is 1. The minimum absolute atomic E-state index is 0.218. The Morgan fingerprint density at radius 3 is 2.68 bits per heavy atom. The van der Waals surface area contributed by atoms with E-state index in [0.717, 1.165) is 5.69 Å². The van der Waals surface area contributed by atoms with E-state index in [1.165, 1.54) is 7.11 Å². The summed E-state index contributed by atoms with van der Waals surface area (Å²) < 4.78 is 4.70. The van der Waals surface area contributed by atoms with Crippen molar-refractivity contribution in [3.8, 4) is 0 Å². The second-order valence-corrected chi connectivity index (χ2v) is 5.18. The summed E-state index contributed by atoms with van der Waals surface area (Å²) in [6.45, 7) is 2.35. The number of methoxy groups -OCH3 is 1. The van der Waals surface area contributed by atoms with Crippen LogP contribution in [-0.2, 0) is 9.53 Å². The van der Waals surface area contributed by atoms with Crippen molar-refractivity contribution in [2.45, 2.75) is 6.92 Å². The summed E-state index contributed by atoms with van der Waals surface area (Å²) in [4.78, 5) is 13.6. The SMILES string of the molecule is COC(=O)C(C)CN(C)c1ccc(C(N)=S)c(Cl)c1. The molecule has 0 fully saturated rings. The fourth-order valence-corrected chi connectivity index (χ4v) is 2.24. The zero-order valence-electron chi connectivity index (χ0n) is 11.1. The van der Waals surface area contributed by atoms with Crippen LogP contribution in [0.3, 0.4) is 0 Å². The van der Waals surface area contributed by atoms with Gasteiger partial charge in [-0.1, -0.05) is 30.7 Å². The lowest BCUT2D eigenvalue weighted by Crippen LogP contribution is -2.29. The summed E-state index contributed by atoms with van der Waals surface area (Å²) >= 11 is 11.0. The number of halogens is 1. The quantitative estimate of drug-likeness (QED) is 0.667. The molecule has 0 saturated heterocycles. The van der Waals surface area contributed by atoms with Crippen LogP contribution < -0.4 is 10.6 Å². The smallest absolute Gasteiger partial charge is 0.310 e. The van der Waals surface area contributed by atoms with Gasteiger partial charge in [0.25, 0.3) is 0 Å². The van der Waals surface area contributed by atoms with Crippen molar-refractivity contribution < 1.29 is 9.53 Å². The molecule has 2 N–H and O–H groups in total. The number of rotatable bonds is 5. The average Bonchev–Trinajstić information content (AvgIpc) is 2.36. The molecule has 0 saturated carbocycles. The first kappa shape index (κ1) is 15.7. The maximum absolute atomic E-state index is 11.4. The molecule has 0 spiro atoms. The van der Waals surface area contributed by atoms with Crippen molar-refractivity contribution in [1.82, 2.24) is 0 Å². The van der Waals surface area contributed by atoms with E-state index in [2.05, 4.69) is 0 Å². The predicted octanol–water partition coefficient (Wildman–Crippen LogP) is 2.22.